The summed E-state index contributed by atoms with van der Waals surface area (Å²) < 4.78 is 15.5. The van der Waals surface area contributed by atoms with E-state index < -0.39 is 11.2 Å². The van der Waals surface area contributed by atoms with Crippen molar-refractivity contribution in [2.75, 3.05) is 38.1 Å². The largest absolute Gasteiger partial charge is 0.444 e. The van der Waals surface area contributed by atoms with Crippen molar-refractivity contribution in [3.63, 3.8) is 0 Å². The van der Waals surface area contributed by atoms with E-state index in [1.165, 1.54) is 4.90 Å². The minimum absolute atomic E-state index is 0. The molecule has 0 aromatic carbocycles. The normalized spacial score (nSPS) is 15.1. The first-order valence-electron chi connectivity index (χ1n) is 9.90. The first-order chi connectivity index (χ1) is 14.2. The van der Waals surface area contributed by atoms with Crippen molar-refractivity contribution in [3.8, 4) is 24.7 Å². The molecule has 8 nitrogen and oxygen atoms in total. The third-order valence-corrected chi connectivity index (χ3v) is 3.82. The smallest absolute Gasteiger partial charge is 0.410 e. The molecule has 0 unspecified atom stereocenters. The van der Waals surface area contributed by atoms with Gasteiger partial charge in [0.25, 0.3) is 0 Å². The quantitative estimate of drug-likeness (QED) is 0.368. The molecule has 2 amide bonds. The van der Waals surface area contributed by atoms with Crippen LogP contribution in [0.4, 0.5) is 9.59 Å². The summed E-state index contributed by atoms with van der Waals surface area (Å²) in [4.78, 5) is 25.7. The van der Waals surface area contributed by atoms with Gasteiger partial charge in [0, 0.05) is 51.3 Å². The van der Waals surface area contributed by atoms with Crippen LogP contribution in [0.1, 0.15) is 41.5 Å². The van der Waals surface area contributed by atoms with Crippen molar-refractivity contribution in [1.29, 1.82) is 0 Å². The van der Waals surface area contributed by atoms with Gasteiger partial charge in [-0.2, -0.15) is 0 Å². The number of likely N-dealkylation sites (tertiary alicyclic amines) is 2. The first kappa shape index (κ1) is 37.3. The van der Waals surface area contributed by atoms with Gasteiger partial charge in [-0.3, -0.25) is 0 Å². The van der Waals surface area contributed by atoms with Gasteiger partial charge in [-0.25, -0.2) is 9.59 Å². The van der Waals surface area contributed by atoms with Gasteiger partial charge < -0.3 is 29.1 Å². The van der Waals surface area contributed by atoms with Gasteiger partial charge in [0.05, 0.1) is 43.7 Å². The molecule has 0 saturated carbocycles. The third-order valence-electron chi connectivity index (χ3n) is 3.49. The average Bonchev–Trinajstić information content (AvgIpc) is 2.55. The summed E-state index contributed by atoms with van der Waals surface area (Å²) in [5, 5.41) is 9.58. The van der Waals surface area contributed by atoms with Crippen molar-refractivity contribution in [3.05, 3.63) is 0 Å². The molecule has 2 fully saturated rings. The zero-order valence-electron chi connectivity index (χ0n) is 20.3. The van der Waals surface area contributed by atoms with Crippen molar-refractivity contribution < 1.29 is 80.2 Å². The molecule has 11 heteroatoms. The molecule has 2 aliphatic rings. The maximum Gasteiger partial charge on any atom is 0.410 e. The number of hydrogen-bond donors (Lipinski definition) is 1. The summed E-state index contributed by atoms with van der Waals surface area (Å²) in [7, 11) is 0. The van der Waals surface area contributed by atoms with E-state index in [9.17, 15) is 9.59 Å². The van der Waals surface area contributed by atoms with Crippen LogP contribution in [0.2, 0.25) is 0 Å². The number of ether oxygens (including phenoxy) is 3. The molecule has 0 aliphatic carbocycles. The van der Waals surface area contributed by atoms with Gasteiger partial charge in [0.2, 0.25) is 0 Å². The number of nitrogens with zero attached hydrogens (tertiary/aromatic N) is 2. The third kappa shape index (κ3) is 18.7. The van der Waals surface area contributed by atoms with Crippen LogP contribution in [0.25, 0.3) is 0 Å². The number of alkyl halides is 1. The van der Waals surface area contributed by atoms with Crippen LogP contribution in [0.3, 0.4) is 0 Å². The number of aliphatic hydroxyl groups excluding tert-OH is 1. The molecule has 1 N–H and O–H groups in total. The van der Waals surface area contributed by atoms with Crippen molar-refractivity contribution in [1.82, 2.24) is 9.80 Å². The fourth-order valence-corrected chi connectivity index (χ4v) is 2.12. The maximum atomic E-state index is 11.5. The topological polar surface area (TPSA) is 88.5 Å². The van der Waals surface area contributed by atoms with Crippen molar-refractivity contribution >= 4 is 28.1 Å². The minimum Gasteiger partial charge on any atom is -0.444 e. The number of β-amino-alcohol motifs (C(OH)–C–C–N with tert-alkyl or cyclic N) is 1. The van der Waals surface area contributed by atoms with E-state index in [0.29, 0.717) is 38.1 Å². The Morgan fingerprint density at radius 2 is 1.30 bits per heavy atom. The molecule has 2 aliphatic heterocycles. The van der Waals surface area contributed by atoms with Crippen LogP contribution >= 0.6 is 15.9 Å². The number of halogens is 1. The van der Waals surface area contributed by atoms with Crippen LogP contribution in [-0.2, 0) is 65.5 Å². The Hall–Kier alpha value is -0.252. The fourth-order valence-electron chi connectivity index (χ4n) is 2.12. The standard InChI is InChI=1S/C11H17NO3.C8H15NO3.C3H3Br.V.Y/c1-5-6-14-9-7-12(8-9)10(13)15-11(2,3)4;1-8(2,3)12-7(11)9-4-6(10)5-9;1-2-3-4;;/h1,9H,6-8H2,2-4H3;6,10H,4-5H2,1-3H3;1H,3H2;;. The molecule has 2 heterocycles. The maximum absolute atomic E-state index is 11.5. The Kier molecular flexibility index (Phi) is 20.4. The molecule has 2 radical (unpaired) electrons. The number of carbonyl (C=O) groups excluding carboxylic acids is 2. The van der Waals surface area contributed by atoms with Crippen LogP contribution in [-0.4, -0.2) is 88.6 Å². The molecular formula is C22H35BrN2O6VY. The number of amides is 2. The van der Waals surface area contributed by atoms with E-state index in [4.69, 9.17) is 32.2 Å². The molecule has 0 spiro atoms. The Balaban J connectivity index is -0.000000452. The van der Waals surface area contributed by atoms with E-state index in [1.807, 2.05) is 41.5 Å². The summed E-state index contributed by atoms with van der Waals surface area (Å²) in [6.07, 6.45) is 8.86. The van der Waals surface area contributed by atoms with Gasteiger partial charge in [-0.05, 0) is 41.5 Å². The van der Waals surface area contributed by atoms with Crippen LogP contribution in [0.5, 0.6) is 0 Å². The first-order valence-corrected chi connectivity index (χ1v) is 11.0. The van der Waals surface area contributed by atoms with E-state index in [1.54, 1.807) is 4.90 Å². The Bertz CT molecular complexity index is 658. The van der Waals surface area contributed by atoms with E-state index in [0.717, 1.165) is 0 Å². The summed E-state index contributed by atoms with van der Waals surface area (Å²) in [5.41, 5.74) is -0.889. The number of rotatable bonds is 2. The van der Waals surface area contributed by atoms with E-state index in [-0.39, 0.29) is 75.7 Å². The zero-order chi connectivity index (χ0) is 24.2. The van der Waals surface area contributed by atoms with E-state index in [2.05, 4.69) is 27.8 Å². The second-order valence-electron chi connectivity index (χ2n) is 8.90. The summed E-state index contributed by atoms with van der Waals surface area (Å²) in [5.74, 6) is 4.74. The monoisotopic (exact) mass is 642 g/mol. The van der Waals surface area contributed by atoms with Gasteiger partial charge in [-0.15, -0.1) is 12.8 Å². The number of aliphatic hydroxyl groups is 1. The summed E-state index contributed by atoms with van der Waals surface area (Å²) in [6, 6.07) is 0. The SMILES string of the molecule is C#CCBr.C#CCOC1CN(C(=O)OC(C)(C)C)C1.CC(C)(C)OC(=O)N1CC(O)C1.[V].[Y]. The predicted molar refractivity (Wildman–Crippen MR) is 123 cm³/mol. The fraction of sp³-hybridized carbons (Fsp3) is 0.727. The van der Waals surface area contributed by atoms with Gasteiger partial charge >= 0.3 is 12.2 Å². The molecule has 0 aromatic heterocycles. The average molecular weight is 643 g/mol. The molecular weight excluding hydrogens is 608 g/mol. The van der Waals surface area contributed by atoms with Gasteiger partial charge in [0.15, 0.2) is 0 Å². The number of hydrogen-bond acceptors (Lipinski definition) is 6. The molecule has 2 saturated heterocycles. The number of terminal acetylenes is 2. The second-order valence-corrected chi connectivity index (χ2v) is 9.46. The summed E-state index contributed by atoms with van der Waals surface area (Å²) in [6.45, 7) is 13.2. The molecule has 0 bridgehead atoms. The van der Waals surface area contributed by atoms with Crippen LogP contribution in [0.15, 0.2) is 0 Å². The predicted octanol–water partition coefficient (Wildman–Crippen LogP) is 2.86. The Morgan fingerprint density at radius 3 is 1.58 bits per heavy atom. The second kappa shape index (κ2) is 18.1. The zero-order valence-corrected chi connectivity index (χ0v) is 26.2. The Labute approximate surface area is 244 Å². The summed E-state index contributed by atoms with van der Waals surface area (Å²) >= 11 is 3.01. The van der Waals surface area contributed by atoms with Crippen LogP contribution < -0.4 is 0 Å². The van der Waals surface area contributed by atoms with Gasteiger partial charge in [-0.1, -0.05) is 27.8 Å². The van der Waals surface area contributed by atoms with Crippen LogP contribution in [0, 0.1) is 24.7 Å². The van der Waals surface area contributed by atoms with Crippen molar-refractivity contribution in [2.24, 2.45) is 0 Å². The van der Waals surface area contributed by atoms with E-state index >= 15 is 0 Å². The molecule has 184 valence electrons. The Morgan fingerprint density at radius 1 is 0.939 bits per heavy atom. The molecule has 0 atom stereocenters. The van der Waals surface area contributed by atoms with Gasteiger partial charge in [0.1, 0.15) is 17.8 Å². The molecule has 2 rings (SSSR count). The minimum atomic E-state index is -0.447. The number of carbonyl (C=O) groups is 2. The molecule has 33 heavy (non-hydrogen) atoms. The van der Waals surface area contributed by atoms with Crippen molar-refractivity contribution in [2.45, 2.75) is 65.0 Å². The molecule has 0 aromatic rings.